The van der Waals surface area contributed by atoms with Gasteiger partial charge in [0.05, 0.1) is 11.5 Å². The molecule has 25 heavy (non-hydrogen) atoms. The van der Waals surface area contributed by atoms with Crippen molar-refractivity contribution < 1.29 is 9.50 Å². The van der Waals surface area contributed by atoms with E-state index in [9.17, 15) is 9.50 Å². The minimum absolute atomic E-state index is 0.214. The van der Waals surface area contributed by atoms with Gasteiger partial charge in [-0.2, -0.15) is 0 Å². The van der Waals surface area contributed by atoms with Crippen LogP contribution in [0, 0.1) is 11.7 Å². The number of hydrogen-bond acceptors (Lipinski definition) is 3. The molecule has 4 heteroatoms. The molecule has 1 aromatic carbocycles. The number of aliphatic hydroxyl groups is 1. The Labute approximate surface area is 148 Å². The molecule has 0 bridgehead atoms. The minimum atomic E-state index is -0.525. The van der Waals surface area contributed by atoms with E-state index in [1.165, 1.54) is 6.07 Å². The molecule has 0 aliphatic carbocycles. The summed E-state index contributed by atoms with van der Waals surface area (Å²) in [5.74, 6) is -0.0250. The van der Waals surface area contributed by atoms with Gasteiger partial charge in [0.15, 0.2) is 0 Å². The third-order valence-electron chi connectivity index (χ3n) is 5.30. The van der Waals surface area contributed by atoms with Crippen molar-refractivity contribution in [2.75, 3.05) is 0 Å². The topological polar surface area (TPSA) is 45.5 Å². The Morgan fingerprint density at radius 3 is 2.68 bits per heavy atom. The Morgan fingerprint density at radius 1 is 1.20 bits per heavy atom. The Hall–Kier alpha value is -2.07. The van der Waals surface area contributed by atoms with Gasteiger partial charge in [0.25, 0.3) is 0 Å². The number of benzene rings is 1. The van der Waals surface area contributed by atoms with Gasteiger partial charge >= 0.3 is 0 Å². The fraction of sp³-hybridized carbons (Fsp3) is 0.429. The van der Waals surface area contributed by atoms with Crippen molar-refractivity contribution in [3.63, 3.8) is 0 Å². The third kappa shape index (κ3) is 3.23. The minimum Gasteiger partial charge on any atom is -0.393 e. The normalized spacial score (nSPS) is 21.6. The standard InChI is InChI=1S/C21H25FN2O/c1-14(6-4-7-15(2)25)21(17-8-5-11-23-13-17)16(3)19-12-18(22)9-10-20(19)24-21/h5,8-15,25H,4,6-7H2,1-3H3. The summed E-state index contributed by atoms with van der Waals surface area (Å²) in [6, 6.07) is 8.77. The summed E-state index contributed by atoms with van der Waals surface area (Å²) in [4.78, 5) is 9.36. The van der Waals surface area contributed by atoms with E-state index in [0.717, 1.165) is 41.0 Å². The van der Waals surface area contributed by atoms with Crippen LogP contribution < -0.4 is 10.6 Å². The first kappa shape index (κ1) is 17.7. The highest BCUT2D eigenvalue weighted by Gasteiger charge is 2.42. The van der Waals surface area contributed by atoms with E-state index in [2.05, 4.69) is 11.9 Å². The van der Waals surface area contributed by atoms with Crippen LogP contribution in [-0.4, -0.2) is 16.2 Å². The van der Waals surface area contributed by atoms with E-state index in [0.29, 0.717) is 0 Å². The van der Waals surface area contributed by atoms with Crippen molar-refractivity contribution in [2.24, 2.45) is 10.9 Å². The SMILES string of the molecule is CC1=c2cc(F)ccc2=NC1(c1cccnc1)C(C)CCCC(C)O. The summed E-state index contributed by atoms with van der Waals surface area (Å²) in [7, 11) is 0. The number of fused-ring (bicyclic) bond motifs is 1. The molecule has 2 aromatic rings. The second-order valence-electron chi connectivity index (χ2n) is 7.09. The number of rotatable bonds is 6. The lowest BCUT2D eigenvalue weighted by atomic mass is 9.73. The smallest absolute Gasteiger partial charge is 0.123 e. The molecule has 1 aliphatic heterocycles. The number of hydrogen-bond donors (Lipinski definition) is 1. The second-order valence-corrected chi connectivity index (χ2v) is 7.09. The van der Waals surface area contributed by atoms with Crippen LogP contribution in [0.3, 0.4) is 0 Å². The molecule has 1 aliphatic rings. The van der Waals surface area contributed by atoms with Gasteiger partial charge in [-0.1, -0.05) is 19.4 Å². The van der Waals surface area contributed by atoms with Gasteiger partial charge in [0.1, 0.15) is 11.4 Å². The Bertz CT molecular complexity index is 863. The first-order chi connectivity index (χ1) is 11.9. The van der Waals surface area contributed by atoms with Crippen LogP contribution in [0.4, 0.5) is 4.39 Å². The quantitative estimate of drug-likeness (QED) is 0.878. The summed E-state index contributed by atoms with van der Waals surface area (Å²) >= 11 is 0. The molecule has 3 atom stereocenters. The predicted molar refractivity (Wildman–Crippen MR) is 96.9 cm³/mol. The van der Waals surface area contributed by atoms with Gasteiger partial charge in [-0.05, 0) is 62.4 Å². The molecule has 1 aromatic heterocycles. The van der Waals surface area contributed by atoms with Crippen LogP contribution in [0.25, 0.3) is 5.57 Å². The zero-order chi connectivity index (χ0) is 18.0. The summed E-state index contributed by atoms with van der Waals surface area (Å²) in [5, 5.41) is 11.3. The molecule has 0 fully saturated rings. The summed E-state index contributed by atoms with van der Waals surface area (Å²) in [5.41, 5.74) is 1.58. The fourth-order valence-electron chi connectivity index (χ4n) is 3.95. The molecule has 3 unspecified atom stereocenters. The van der Waals surface area contributed by atoms with Crippen LogP contribution in [-0.2, 0) is 5.54 Å². The molecule has 0 radical (unpaired) electrons. The Balaban J connectivity index is 2.10. The molecule has 0 spiro atoms. The van der Waals surface area contributed by atoms with E-state index < -0.39 is 5.54 Å². The van der Waals surface area contributed by atoms with Gasteiger partial charge in [0.2, 0.25) is 0 Å². The Morgan fingerprint density at radius 2 is 2.00 bits per heavy atom. The molecule has 132 valence electrons. The van der Waals surface area contributed by atoms with Crippen LogP contribution >= 0.6 is 0 Å². The van der Waals surface area contributed by atoms with Gasteiger partial charge < -0.3 is 5.11 Å². The maximum absolute atomic E-state index is 13.8. The van der Waals surface area contributed by atoms with Crippen LogP contribution in [0.15, 0.2) is 47.7 Å². The van der Waals surface area contributed by atoms with Crippen molar-refractivity contribution >= 4 is 5.57 Å². The lowest BCUT2D eigenvalue weighted by Gasteiger charge is -2.35. The predicted octanol–water partition coefficient (Wildman–Crippen LogP) is 3.11. The van der Waals surface area contributed by atoms with Gasteiger partial charge in [-0.15, -0.1) is 0 Å². The maximum Gasteiger partial charge on any atom is 0.123 e. The van der Waals surface area contributed by atoms with E-state index in [-0.39, 0.29) is 17.8 Å². The van der Waals surface area contributed by atoms with Gasteiger partial charge in [-0.3, -0.25) is 9.98 Å². The van der Waals surface area contributed by atoms with Crippen LogP contribution in [0.2, 0.25) is 0 Å². The third-order valence-corrected chi connectivity index (χ3v) is 5.30. The summed E-state index contributed by atoms with van der Waals surface area (Å²) < 4.78 is 13.8. The molecule has 0 saturated heterocycles. The molecule has 1 N–H and O–H groups in total. The number of pyridine rings is 1. The van der Waals surface area contributed by atoms with Crippen LogP contribution in [0.5, 0.6) is 0 Å². The van der Waals surface area contributed by atoms with Gasteiger partial charge in [-0.25, -0.2) is 4.39 Å². The van der Waals surface area contributed by atoms with Crippen molar-refractivity contribution in [3.8, 4) is 0 Å². The lowest BCUT2D eigenvalue weighted by Crippen LogP contribution is -2.32. The first-order valence-corrected chi connectivity index (χ1v) is 8.90. The largest absolute Gasteiger partial charge is 0.393 e. The molecule has 0 amide bonds. The number of aliphatic hydroxyl groups excluding tert-OH is 1. The highest BCUT2D eigenvalue weighted by atomic mass is 19.1. The monoisotopic (exact) mass is 340 g/mol. The lowest BCUT2D eigenvalue weighted by molar-refractivity contribution is 0.176. The van der Waals surface area contributed by atoms with E-state index in [1.54, 1.807) is 18.3 Å². The maximum atomic E-state index is 13.8. The second kappa shape index (κ2) is 7.04. The first-order valence-electron chi connectivity index (χ1n) is 8.90. The van der Waals surface area contributed by atoms with E-state index in [1.807, 2.05) is 32.2 Å². The van der Waals surface area contributed by atoms with E-state index in [4.69, 9.17) is 4.99 Å². The fourth-order valence-corrected chi connectivity index (χ4v) is 3.95. The van der Waals surface area contributed by atoms with Crippen molar-refractivity contribution in [1.29, 1.82) is 0 Å². The summed E-state index contributed by atoms with van der Waals surface area (Å²) in [6.45, 7) is 6.05. The highest BCUT2D eigenvalue weighted by molar-refractivity contribution is 5.61. The van der Waals surface area contributed by atoms with Crippen molar-refractivity contribution in [1.82, 2.24) is 4.98 Å². The van der Waals surface area contributed by atoms with Gasteiger partial charge in [0, 0.05) is 23.2 Å². The average molecular weight is 340 g/mol. The Kier molecular flexibility index (Phi) is 5.00. The zero-order valence-electron chi connectivity index (χ0n) is 15.0. The molecular weight excluding hydrogens is 315 g/mol. The van der Waals surface area contributed by atoms with Crippen LogP contribution in [0.1, 0.15) is 45.6 Å². The molecule has 2 heterocycles. The van der Waals surface area contributed by atoms with Crippen molar-refractivity contribution in [2.45, 2.75) is 51.7 Å². The molecule has 0 saturated carbocycles. The molecule has 3 rings (SSSR count). The molecule has 3 nitrogen and oxygen atoms in total. The molecular formula is C21H25FN2O. The number of halogens is 1. The van der Waals surface area contributed by atoms with E-state index >= 15 is 0 Å². The highest BCUT2D eigenvalue weighted by Crippen LogP contribution is 2.43. The average Bonchev–Trinajstić information content (AvgIpc) is 2.89. The van der Waals surface area contributed by atoms with Crippen molar-refractivity contribution in [3.05, 3.63) is 64.7 Å². The number of aromatic nitrogens is 1. The zero-order valence-corrected chi connectivity index (χ0v) is 15.0. The number of nitrogens with zero attached hydrogens (tertiary/aromatic N) is 2. The summed E-state index contributed by atoms with van der Waals surface area (Å²) in [6.07, 6.45) is 5.95.